The van der Waals surface area contributed by atoms with Crippen LogP contribution in [0.5, 0.6) is 11.5 Å². The molecule has 28 heavy (non-hydrogen) atoms. The number of amides is 1. The number of thiophene rings is 1. The van der Waals surface area contributed by atoms with E-state index in [2.05, 4.69) is 5.32 Å². The maximum atomic E-state index is 12.3. The largest absolute Gasteiger partial charge is 0.490 e. The Labute approximate surface area is 172 Å². The molecule has 2 rings (SSSR count). The first kappa shape index (κ1) is 22.0. The van der Waals surface area contributed by atoms with Crippen LogP contribution in [0.3, 0.4) is 0 Å². The molecule has 0 saturated carbocycles. The lowest BCUT2D eigenvalue weighted by molar-refractivity contribution is -0.382. The number of benzene rings is 1. The number of carbonyl (C=O) groups excluding carboxylic acids is 1. The van der Waals surface area contributed by atoms with E-state index in [1.165, 1.54) is 11.8 Å². The zero-order valence-corrected chi connectivity index (χ0v) is 17.7. The minimum absolute atomic E-state index is 0.0718. The Morgan fingerprint density at radius 3 is 2.64 bits per heavy atom. The third-order valence-electron chi connectivity index (χ3n) is 3.77. The molecule has 0 saturated heterocycles. The van der Waals surface area contributed by atoms with Crippen LogP contribution in [0.2, 0.25) is 0 Å². The van der Waals surface area contributed by atoms with Gasteiger partial charge in [0, 0.05) is 6.54 Å². The van der Waals surface area contributed by atoms with Crippen molar-refractivity contribution in [3.05, 3.63) is 45.3 Å². The monoisotopic (exact) mass is 424 g/mol. The molecular formula is C19H24N2O5S2. The number of carbonyl (C=O) groups is 1. The van der Waals surface area contributed by atoms with Crippen LogP contribution in [0, 0.1) is 10.1 Å². The molecule has 0 radical (unpaired) electrons. The summed E-state index contributed by atoms with van der Waals surface area (Å²) in [6.45, 7) is 7.15. The Bertz CT molecular complexity index is 809. The van der Waals surface area contributed by atoms with Gasteiger partial charge in [-0.1, -0.05) is 17.4 Å². The van der Waals surface area contributed by atoms with Crippen LogP contribution in [0.1, 0.15) is 26.3 Å². The van der Waals surface area contributed by atoms with Crippen molar-refractivity contribution < 1.29 is 19.2 Å². The molecule has 2 aromatic rings. The summed E-state index contributed by atoms with van der Waals surface area (Å²) in [4.78, 5) is 23.4. The van der Waals surface area contributed by atoms with Crippen molar-refractivity contribution in [2.75, 3.05) is 19.8 Å². The second-order valence-corrected chi connectivity index (χ2v) is 8.07. The first-order valence-electron chi connectivity index (χ1n) is 9.01. The minimum atomic E-state index is -0.424. The summed E-state index contributed by atoms with van der Waals surface area (Å²) >= 11 is 2.26. The normalized spacial score (nSPS) is 11.7. The summed E-state index contributed by atoms with van der Waals surface area (Å²) in [6.07, 6.45) is 0.647. The lowest BCUT2D eigenvalue weighted by Gasteiger charge is -2.13. The third kappa shape index (κ3) is 6.13. The molecule has 0 spiro atoms. The van der Waals surface area contributed by atoms with Gasteiger partial charge in [0.05, 0.1) is 28.3 Å². The van der Waals surface area contributed by atoms with E-state index in [-0.39, 0.29) is 10.9 Å². The summed E-state index contributed by atoms with van der Waals surface area (Å²) in [5.74, 6) is 1.25. The number of rotatable bonds is 11. The standard InChI is InChI=1S/C19H24N2O5S2/c1-4-25-15-7-6-14(12-16(15)26-5-2)8-10-20-18(22)13(3)28-17-9-11-27-19(17)21(23)24/h6-7,9,11-13H,4-5,8,10H2,1-3H3,(H,20,22). The van der Waals surface area contributed by atoms with Crippen molar-refractivity contribution >= 4 is 34.0 Å². The van der Waals surface area contributed by atoms with Crippen LogP contribution < -0.4 is 14.8 Å². The molecular weight excluding hydrogens is 400 g/mol. The molecule has 7 nitrogen and oxygen atoms in total. The number of nitrogens with zero attached hydrogens (tertiary/aromatic N) is 1. The number of hydrogen-bond acceptors (Lipinski definition) is 7. The predicted octanol–water partition coefficient (Wildman–Crippen LogP) is 4.29. The van der Waals surface area contributed by atoms with E-state index in [1.807, 2.05) is 32.0 Å². The summed E-state index contributed by atoms with van der Waals surface area (Å²) in [5.41, 5.74) is 1.03. The number of thioether (sulfide) groups is 1. The number of nitro groups is 1. The Balaban J connectivity index is 1.88. The molecule has 0 aliphatic carbocycles. The quantitative estimate of drug-likeness (QED) is 0.329. The van der Waals surface area contributed by atoms with Gasteiger partial charge in [0.2, 0.25) is 5.91 Å². The van der Waals surface area contributed by atoms with Crippen molar-refractivity contribution in [3.63, 3.8) is 0 Å². The maximum absolute atomic E-state index is 12.3. The first-order chi connectivity index (χ1) is 13.5. The Morgan fingerprint density at radius 1 is 1.25 bits per heavy atom. The van der Waals surface area contributed by atoms with Crippen LogP contribution in [0.15, 0.2) is 34.5 Å². The Morgan fingerprint density at radius 2 is 1.96 bits per heavy atom. The smallest absolute Gasteiger partial charge is 0.337 e. The molecule has 1 heterocycles. The molecule has 1 unspecified atom stereocenters. The van der Waals surface area contributed by atoms with Gasteiger partial charge in [-0.25, -0.2) is 0 Å². The van der Waals surface area contributed by atoms with Gasteiger partial charge in [-0.3, -0.25) is 14.9 Å². The number of ether oxygens (including phenoxy) is 2. The molecule has 0 aliphatic heterocycles. The molecule has 1 N–H and O–H groups in total. The Kier molecular flexibility index (Phi) is 8.59. The van der Waals surface area contributed by atoms with Crippen molar-refractivity contribution in [3.8, 4) is 11.5 Å². The lowest BCUT2D eigenvalue weighted by atomic mass is 10.1. The molecule has 0 bridgehead atoms. The second-order valence-electron chi connectivity index (χ2n) is 5.80. The van der Waals surface area contributed by atoms with Crippen LogP contribution >= 0.6 is 23.1 Å². The van der Waals surface area contributed by atoms with E-state index in [9.17, 15) is 14.9 Å². The highest BCUT2D eigenvalue weighted by molar-refractivity contribution is 8.00. The molecule has 1 atom stereocenters. The van der Waals surface area contributed by atoms with Gasteiger partial charge in [-0.15, -0.1) is 11.8 Å². The summed E-state index contributed by atoms with van der Waals surface area (Å²) < 4.78 is 11.2. The second kappa shape index (κ2) is 10.9. The van der Waals surface area contributed by atoms with Crippen LogP contribution in [-0.4, -0.2) is 35.8 Å². The maximum Gasteiger partial charge on any atom is 0.337 e. The van der Waals surface area contributed by atoms with Gasteiger partial charge >= 0.3 is 5.00 Å². The van der Waals surface area contributed by atoms with E-state index in [4.69, 9.17) is 9.47 Å². The zero-order chi connectivity index (χ0) is 20.5. The zero-order valence-electron chi connectivity index (χ0n) is 16.1. The fourth-order valence-electron chi connectivity index (χ4n) is 2.48. The van der Waals surface area contributed by atoms with Gasteiger partial charge < -0.3 is 14.8 Å². The average Bonchev–Trinajstić information content (AvgIpc) is 3.12. The summed E-state index contributed by atoms with van der Waals surface area (Å²) in [5, 5.41) is 15.2. The van der Waals surface area contributed by atoms with Gasteiger partial charge in [0.1, 0.15) is 0 Å². The highest BCUT2D eigenvalue weighted by atomic mass is 32.2. The van der Waals surface area contributed by atoms with E-state index < -0.39 is 10.2 Å². The van der Waals surface area contributed by atoms with Gasteiger partial charge in [-0.05, 0) is 56.3 Å². The van der Waals surface area contributed by atoms with E-state index in [0.717, 1.165) is 16.9 Å². The Hall–Kier alpha value is -2.26. The fraction of sp³-hybridized carbons (Fsp3) is 0.421. The van der Waals surface area contributed by atoms with E-state index >= 15 is 0 Å². The van der Waals surface area contributed by atoms with E-state index in [0.29, 0.717) is 42.6 Å². The molecule has 152 valence electrons. The first-order valence-corrected chi connectivity index (χ1v) is 10.8. The van der Waals surface area contributed by atoms with Crippen molar-refractivity contribution in [1.82, 2.24) is 5.32 Å². The molecule has 0 fully saturated rings. The van der Waals surface area contributed by atoms with Gasteiger partial charge in [0.25, 0.3) is 0 Å². The number of hydrogen-bond donors (Lipinski definition) is 1. The molecule has 1 aromatic carbocycles. The van der Waals surface area contributed by atoms with Crippen LogP contribution in [0.25, 0.3) is 0 Å². The summed E-state index contributed by atoms with van der Waals surface area (Å²) in [6, 6.07) is 7.42. The molecule has 1 amide bonds. The van der Waals surface area contributed by atoms with Crippen molar-refractivity contribution in [1.29, 1.82) is 0 Å². The minimum Gasteiger partial charge on any atom is -0.490 e. The lowest BCUT2D eigenvalue weighted by Crippen LogP contribution is -2.32. The summed E-state index contributed by atoms with van der Waals surface area (Å²) in [7, 11) is 0. The SMILES string of the molecule is CCOc1ccc(CCNC(=O)C(C)Sc2ccsc2[N+](=O)[O-])cc1OCC. The van der Waals surface area contributed by atoms with Crippen LogP contribution in [-0.2, 0) is 11.2 Å². The highest BCUT2D eigenvalue weighted by Crippen LogP contribution is 2.36. The molecule has 1 aromatic heterocycles. The fourth-order valence-corrected chi connectivity index (χ4v) is 4.35. The number of nitrogens with one attached hydrogen (secondary N) is 1. The molecule has 0 aliphatic rings. The van der Waals surface area contributed by atoms with Gasteiger partial charge in [-0.2, -0.15) is 0 Å². The van der Waals surface area contributed by atoms with Crippen LogP contribution in [0.4, 0.5) is 5.00 Å². The highest BCUT2D eigenvalue weighted by Gasteiger charge is 2.21. The third-order valence-corrected chi connectivity index (χ3v) is 5.91. The average molecular weight is 425 g/mol. The van der Waals surface area contributed by atoms with E-state index in [1.54, 1.807) is 18.4 Å². The topological polar surface area (TPSA) is 90.7 Å². The predicted molar refractivity (Wildman–Crippen MR) is 112 cm³/mol. The van der Waals surface area contributed by atoms with Crippen molar-refractivity contribution in [2.45, 2.75) is 37.3 Å². The van der Waals surface area contributed by atoms with Crippen molar-refractivity contribution in [2.24, 2.45) is 0 Å². The molecule has 9 heteroatoms. The van der Waals surface area contributed by atoms with Gasteiger partial charge in [0.15, 0.2) is 11.5 Å².